The standard InChI is InChI=1S/C13H18FNO/c1-4-10(3)15(5-2)13-8-6-7-12(14)11(13)9-16/h6-10H,4-5H2,1-3H3. The highest BCUT2D eigenvalue weighted by atomic mass is 19.1. The number of carbonyl (C=O) groups is 1. The van der Waals surface area contributed by atoms with Crippen LogP contribution in [0.15, 0.2) is 18.2 Å². The summed E-state index contributed by atoms with van der Waals surface area (Å²) in [6.07, 6.45) is 1.55. The highest BCUT2D eigenvalue weighted by Gasteiger charge is 2.16. The van der Waals surface area contributed by atoms with Gasteiger partial charge in [0, 0.05) is 12.6 Å². The molecule has 1 atom stereocenters. The Morgan fingerprint density at radius 2 is 2.12 bits per heavy atom. The molecule has 3 heteroatoms. The predicted molar refractivity (Wildman–Crippen MR) is 64.6 cm³/mol. The van der Waals surface area contributed by atoms with Gasteiger partial charge < -0.3 is 4.90 Å². The van der Waals surface area contributed by atoms with Gasteiger partial charge in [0.15, 0.2) is 6.29 Å². The van der Waals surface area contributed by atoms with Crippen LogP contribution in [0.1, 0.15) is 37.6 Å². The minimum absolute atomic E-state index is 0.157. The van der Waals surface area contributed by atoms with Gasteiger partial charge in [0.1, 0.15) is 5.82 Å². The molecule has 0 aliphatic carbocycles. The van der Waals surface area contributed by atoms with Crippen LogP contribution in [0.5, 0.6) is 0 Å². The summed E-state index contributed by atoms with van der Waals surface area (Å²) in [5.41, 5.74) is 0.844. The number of anilines is 1. The fourth-order valence-electron chi connectivity index (χ4n) is 1.83. The molecule has 0 aliphatic heterocycles. The summed E-state index contributed by atoms with van der Waals surface area (Å²) >= 11 is 0. The summed E-state index contributed by atoms with van der Waals surface area (Å²) in [5, 5.41) is 0. The van der Waals surface area contributed by atoms with Crippen molar-refractivity contribution in [2.45, 2.75) is 33.2 Å². The normalized spacial score (nSPS) is 12.2. The molecule has 1 aromatic rings. The Labute approximate surface area is 96.1 Å². The van der Waals surface area contributed by atoms with Crippen molar-refractivity contribution in [2.75, 3.05) is 11.4 Å². The van der Waals surface area contributed by atoms with E-state index in [0.29, 0.717) is 18.0 Å². The van der Waals surface area contributed by atoms with Crippen LogP contribution in [0, 0.1) is 5.82 Å². The van der Waals surface area contributed by atoms with Gasteiger partial charge in [0.2, 0.25) is 0 Å². The van der Waals surface area contributed by atoms with Crippen molar-refractivity contribution in [1.29, 1.82) is 0 Å². The van der Waals surface area contributed by atoms with Crippen molar-refractivity contribution >= 4 is 12.0 Å². The molecule has 0 spiro atoms. The van der Waals surface area contributed by atoms with Crippen LogP contribution >= 0.6 is 0 Å². The third kappa shape index (κ3) is 2.40. The van der Waals surface area contributed by atoms with E-state index in [-0.39, 0.29) is 5.56 Å². The van der Waals surface area contributed by atoms with E-state index in [1.165, 1.54) is 6.07 Å². The molecule has 0 saturated carbocycles. The molecule has 0 N–H and O–H groups in total. The fraction of sp³-hybridized carbons (Fsp3) is 0.462. The van der Waals surface area contributed by atoms with Gasteiger partial charge in [-0.2, -0.15) is 0 Å². The summed E-state index contributed by atoms with van der Waals surface area (Å²) in [4.78, 5) is 13.0. The van der Waals surface area contributed by atoms with Gasteiger partial charge in [0.05, 0.1) is 11.3 Å². The summed E-state index contributed by atoms with van der Waals surface area (Å²) in [5.74, 6) is -0.450. The highest BCUT2D eigenvalue weighted by Crippen LogP contribution is 2.24. The lowest BCUT2D eigenvalue weighted by molar-refractivity contribution is 0.112. The molecule has 16 heavy (non-hydrogen) atoms. The molecule has 0 fully saturated rings. The van der Waals surface area contributed by atoms with Gasteiger partial charge in [-0.3, -0.25) is 4.79 Å². The van der Waals surface area contributed by atoms with E-state index in [2.05, 4.69) is 13.8 Å². The minimum Gasteiger partial charge on any atom is -0.368 e. The van der Waals surface area contributed by atoms with Gasteiger partial charge in [-0.15, -0.1) is 0 Å². The SMILES string of the molecule is CCC(C)N(CC)c1cccc(F)c1C=O. The Bertz CT molecular complexity index is 365. The van der Waals surface area contributed by atoms with Crippen LogP contribution in [0.25, 0.3) is 0 Å². The van der Waals surface area contributed by atoms with Crippen LogP contribution in [0.4, 0.5) is 10.1 Å². The molecule has 2 nitrogen and oxygen atoms in total. The molecule has 0 aromatic heterocycles. The first-order valence-corrected chi connectivity index (χ1v) is 5.66. The molecular formula is C13H18FNO. The van der Waals surface area contributed by atoms with Crippen molar-refractivity contribution < 1.29 is 9.18 Å². The summed E-state index contributed by atoms with van der Waals surface area (Å²) < 4.78 is 13.5. The van der Waals surface area contributed by atoms with Crippen LogP contribution in [0.3, 0.4) is 0 Å². The lowest BCUT2D eigenvalue weighted by atomic mass is 10.1. The van der Waals surface area contributed by atoms with Crippen molar-refractivity contribution in [3.63, 3.8) is 0 Å². The Kier molecular flexibility index (Phi) is 4.47. The minimum atomic E-state index is -0.450. The maximum Gasteiger partial charge on any atom is 0.155 e. The van der Waals surface area contributed by atoms with Crippen molar-refractivity contribution in [3.8, 4) is 0 Å². The zero-order chi connectivity index (χ0) is 12.1. The maximum atomic E-state index is 13.5. The molecule has 0 saturated heterocycles. The quantitative estimate of drug-likeness (QED) is 0.714. The van der Waals surface area contributed by atoms with Gasteiger partial charge in [-0.05, 0) is 32.4 Å². The Morgan fingerprint density at radius 1 is 1.44 bits per heavy atom. The largest absolute Gasteiger partial charge is 0.368 e. The zero-order valence-electron chi connectivity index (χ0n) is 10.0. The first-order valence-electron chi connectivity index (χ1n) is 5.66. The third-order valence-electron chi connectivity index (χ3n) is 2.92. The molecule has 0 aliphatic rings. The molecule has 1 unspecified atom stereocenters. The van der Waals surface area contributed by atoms with E-state index in [4.69, 9.17) is 0 Å². The van der Waals surface area contributed by atoms with Gasteiger partial charge >= 0.3 is 0 Å². The van der Waals surface area contributed by atoms with E-state index in [1.54, 1.807) is 12.1 Å². The second kappa shape index (κ2) is 5.64. The molecule has 88 valence electrons. The fourth-order valence-corrected chi connectivity index (χ4v) is 1.83. The first kappa shape index (κ1) is 12.7. The average molecular weight is 223 g/mol. The number of nitrogens with zero attached hydrogens (tertiary/aromatic N) is 1. The van der Waals surface area contributed by atoms with Crippen LogP contribution < -0.4 is 4.90 Å². The van der Waals surface area contributed by atoms with Gasteiger partial charge in [0.25, 0.3) is 0 Å². The van der Waals surface area contributed by atoms with E-state index in [9.17, 15) is 9.18 Å². The number of halogens is 1. The van der Waals surface area contributed by atoms with E-state index in [0.717, 1.165) is 13.0 Å². The van der Waals surface area contributed by atoms with Crippen LogP contribution in [0.2, 0.25) is 0 Å². The molecule has 0 bridgehead atoms. The van der Waals surface area contributed by atoms with Crippen molar-refractivity contribution in [2.24, 2.45) is 0 Å². The molecular weight excluding hydrogens is 205 g/mol. The second-order valence-corrected chi connectivity index (χ2v) is 3.83. The second-order valence-electron chi connectivity index (χ2n) is 3.83. The third-order valence-corrected chi connectivity index (χ3v) is 2.92. The Morgan fingerprint density at radius 3 is 2.62 bits per heavy atom. The molecule has 0 amide bonds. The summed E-state index contributed by atoms with van der Waals surface area (Å²) in [6, 6.07) is 5.05. The number of hydrogen-bond donors (Lipinski definition) is 0. The topological polar surface area (TPSA) is 20.3 Å². The van der Waals surface area contributed by atoms with Crippen molar-refractivity contribution in [3.05, 3.63) is 29.6 Å². The van der Waals surface area contributed by atoms with Gasteiger partial charge in [-0.25, -0.2) is 4.39 Å². The number of aldehydes is 1. The molecule has 1 rings (SSSR count). The summed E-state index contributed by atoms with van der Waals surface area (Å²) in [6.45, 7) is 6.92. The Balaban J connectivity index is 3.19. The number of benzene rings is 1. The zero-order valence-corrected chi connectivity index (χ0v) is 10.0. The van der Waals surface area contributed by atoms with Gasteiger partial charge in [-0.1, -0.05) is 13.0 Å². The predicted octanol–water partition coefficient (Wildman–Crippen LogP) is 3.26. The summed E-state index contributed by atoms with van der Waals surface area (Å²) in [7, 11) is 0. The molecule has 0 heterocycles. The first-order chi connectivity index (χ1) is 7.65. The van der Waals surface area contributed by atoms with E-state index < -0.39 is 5.82 Å². The number of hydrogen-bond acceptors (Lipinski definition) is 2. The average Bonchev–Trinajstić information content (AvgIpc) is 2.30. The smallest absolute Gasteiger partial charge is 0.155 e. The number of rotatable bonds is 5. The lowest BCUT2D eigenvalue weighted by Gasteiger charge is -2.30. The maximum absolute atomic E-state index is 13.5. The van der Waals surface area contributed by atoms with Crippen molar-refractivity contribution in [1.82, 2.24) is 0 Å². The van der Waals surface area contributed by atoms with E-state index >= 15 is 0 Å². The van der Waals surface area contributed by atoms with Crippen LogP contribution in [-0.4, -0.2) is 18.9 Å². The lowest BCUT2D eigenvalue weighted by Crippen LogP contribution is -2.33. The molecule has 1 aromatic carbocycles. The Hall–Kier alpha value is -1.38. The molecule has 0 radical (unpaired) electrons. The highest BCUT2D eigenvalue weighted by molar-refractivity contribution is 5.85. The number of carbonyl (C=O) groups excluding carboxylic acids is 1. The monoisotopic (exact) mass is 223 g/mol. The van der Waals surface area contributed by atoms with E-state index in [1.807, 2.05) is 11.8 Å². The van der Waals surface area contributed by atoms with Crippen LogP contribution in [-0.2, 0) is 0 Å².